The molecule has 0 fully saturated rings. The van der Waals surface area contributed by atoms with Crippen molar-refractivity contribution in [2.24, 2.45) is 16.5 Å². The van der Waals surface area contributed by atoms with Crippen LogP contribution in [-0.2, 0) is 25.7 Å². The maximum Gasteiger partial charge on any atom is 0.240 e. The number of nitrogens with two attached hydrogens (primary N) is 2. The van der Waals surface area contributed by atoms with Crippen LogP contribution in [0.15, 0.2) is 70.9 Å². The molecule has 1 aromatic rings. The van der Waals surface area contributed by atoms with Crippen molar-refractivity contribution in [3.8, 4) is 0 Å². The van der Waals surface area contributed by atoms with Gasteiger partial charge in [0, 0.05) is 18.3 Å². The highest BCUT2D eigenvalue weighted by molar-refractivity contribution is 5.94. The molecule has 8 heteroatoms. The first-order valence-corrected chi connectivity index (χ1v) is 14.0. The second kappa shape index (κ2) is 27.0. The first-order valence-electron chi connectivity index (χ1n) is 14.0. The lowest BCUT2D eigenvalue weighted by Crippen LogP contribution is -2.54. The molecule has 0 radical (unpaired) electrons. The maximum absolute atomic E-state index is 12.4. The number of benzene rings is 1. The molecule has 0 saturated heterocycles. The van der Waals surface area contributed by atoms with Crippen molar-refractivity contribution in [2.45, 2.75) is 99.8 Å². The molecule has 5 N–H and O–H groups in total. The number of hydrogen-bond acceptors (Lipinski definition) is 7. The molecule has 0 saturated carbocycles. The van der Waals surface area contributed by atoms with Crippen LogP contribution >= 0.6 is 0 Å². The number of carbonyl (C=O) groups excluding carboxylic acids is 3. The van der Waals surface area contributed by atoms with Crippen molar-refractivity contribution in [3.63, 3.8) is 0 Å². The number of rotatable bonds is 13. The Morgan fingerprint density at radius 3 is 2.05 bits per heavy atom. The number of nitrogens with zero attached hydrogens (tertiary/aromatic N) is 1. The van der Waals surface area contributed by atoms with Gasteiger partial charge in [0.1, 0.15) is 12.1 Å². The van der Waals surface area contributed by atoms with Gasteiger partial charge in [-0.2, -0.15) is 0 Å². The van der Waals surface area contributed by atoms with E-state index < -0.39 is 5.54 Å². The molecule has 8 nitrogen and oxygen atoms in total. The van der Waals surface area contributed by atoms with Gasteiger partial charge in [-0.15, -0.1) is 0 Å². The zero-order chi connectivity index (χ0) is 32.3. The summed E-state index contributed by atoms with van der Waals surface area (Å²) in [7, 11) is 1.50. The molecule has 1 atom stereocenters. The van der Waals surface area contributed by atoms with Crippen LogP contribution in [0.4, 0.5) is 0 Å². The smallest absolute Gasteiger partial charge is 0.240 e. The molecule has 1 amide bonds. The molecule has 0 aliphatic rings. The molecule has 1 rings (SSSR count). The van der Waals surface area contributed by atoms with E-state index in [1.165, 1.54) is 26.5 Å². The quantitative estimate of drug-likeness (QED) is 0.154. The van der Waals surface area contributed by atoms with Crippen molar-refractivity contribution >= 4 is 23.7 Å². The molecule has 1 unspecified atom stereocenters. The highest BCUT2D eigenvalue weighted by Crippen LogP contribution is 2.05. The summed E-state index contributed by atoms with van der Waals surface area (Å²) in [4.78, 5) is 35.8. The third-order valence-electron chi connectivity index (χ3n) is 4.97. The van der Waals surface area contributed by atoms with Gasteiger partial charge in [-0.1, -0.05) is 68.0 Å². The van der Waals surface area contributed by atoms with Gasteiger partial charge in [-0.3, -0.25) is 9.79 Å². The van der Waals surface area contributed by atoms with Crippen LogP contribution in [0.3, 0.4) is 0 Å². The summed E-state index contributed by atoms with van der Waals surface area (Å²) in [5.41, 5.74) is 13.6. The van der Waals surface area contributed by atoms with Crippen LogP contribution in [0.1, 0.15) is 87.1 Å². The molecule has 0 spiro atoms. The standard InChI is InChI=1S/C25H37N3O2.C4H8O.C3H6O.CH5N/c1-7-19(2)12-11-13-20(3)16-27-21(4)23(28-24(29)25(5,6)26)18-30-17-22-14-9-8-10-15-22;1-2-3-4-5;1-3(2)4;1-2/h8-16,23H,7,17-18,26H2,1-6H3,(H,28,29);4H,2-3H2,1H3;1-2H3;2H2,1H3/b13-11-,19-12+,20-16+,27-21?;;;. The first-order chi connectivity index (χ1) is 19.3. The van der Waals surface area contributed by atoms with Crippen LogP contribution in [0.2, 0.25) is 0 Å². The number of allylic oxidation sites excluding steroid dienone is 5. The number of aliphatic imine (C=N–C) groups is 1. The Morgan fingerprint density at radius 2 is 1.61 bits per heavy atom. The minimum Gasteiger partial charge on any atom is -0.374 e. The van der Waals surface area contributed by atoms with Gasteiger partial charge in [0.2, 0.25) is 5.91 Å². The van der Waals surface area contributed by atoms with Gasteiger partial charge >= 0.3 is 0 Å². The van der Waals surface area contributed by atoms with Crippen molar-refractivity contribution in [1.29, 1.82) is 0 Å². The van der Waals surface area contributed by atoms with Gasteiger partial charge in [-0.05, 0) is 79.5 Å². The Kier molecular flexibility index (Phi) is 27.8. The topological polar surface area (TPSA) is 137 Å². The van der Waals surface area contributed by atoms with Gasteiger partial charge in [0.05, 0.1) is 24.8 Å². The largest absolute Gasteiger partial charge is 0.374 e. The third kappa shape index (κ3) is 28.1. The number of ketones is 1. The van der Waals surface area contributed by atoms with E-state index >= 15 is 0 Å². The molecule has 0 aromatic heterocycles. The lowest BCUT2D eigenvalue weighted by atomic mass is 10.1. The average molecular weight is 573 g/mol. The fraction of sp³-hybridized carbons (Fsp3) is 0.515. The zero-order valence-corrected chi connectivity index (χ0v) is 27.1. The summed E-state index contributed by atoms with van der Waals surface area (Å²) < 4.78 is 5.85. The Balaban J connectivity index is -0.00000112. The molecule has 0 bridgehead atoms. The second-order valence-corrected chi connectivity index (χ2v) is 9.98. The summed E-state index contributed by atoms with van der Waals surface area (Å²) in [5, 5.41) is 2.96. The minimum absolute atomic E-state index is 0.167. The highest BCUT2D eigenvalue weighted by Gasteiger charge is 2.25. The summed E-state index contributed by atoms with van der Waals surface area (Å²) >= 11 is 0. The molecule has 0 aliphatic carbocycles. The average Bonchev–Trinajstić information content (AvgIpc) is 2.92. The third-order valence-corrected chi connectivity index (χ3v) is 4.97. The number of aldehydes is 1. The van der Waals surface area contributed by atoms with Gasteiger partial charge in [0.15, 0.2) is 0 Å². The lowest BCUT2D eigenvalue weighted by molar-refractivity contribution is -0.126. The van der Waals surface area contributed by atoms with Crippen LogP contribution in [0.25, 0.3) is 0 Å². The SMILES string of the molecule is CC(C)=O.CC/C(C)=C/C=C\C(C)=C\N=C(C)C(COCc1ccccc1)NC(=O)C(C)(C)N.CCCC=O.CN. The van der Waals surface area contributed by atoms with E-state index in [0.29, 0.717) is 19.6 Å². The highest BCUT2D eigenvalue weighted by atomic mass is 16.5. The van der Waals surface area contributed by atoms with E-state index in [1.807, 2.05) is 63.3 Å². The Morgan fingerprint density at radius 1 is 1.05 bits per heavy atom. The van der Waals surface area contributed by atoms with E-state index in [1.54, 1.807) is 20.0 Å². The zero-order valence-electron chi connectivity index (χ0n) is 27.1. The van der Waals surface area contributed by atoms with Crippen LogP contribution in [0, 0.1) is 0 Å². The normalized spacial score (nSPS) is 12.5. The number of unbranched alkanes of at least 4 members (excludes halogenated alkanes) is 1. The van der Waals surface area contributed by atoms with Gasteiger partial charge in [0.25, 0.3) is 0 Å². The Labute approximate surface area is 249 Å². The van der Waals surface area contributed by atoms with Crippen LogP contribution < -0.4 is 16.8 Å². The van der Waals surface area contributed by atoms with Crippen molar-refractivity contribution in [3.05, 3.63) is 71.5 Å². The fourth-order valence-corrected chi connectivity index (χ4v) is 2.42. The number of ether oxygens (including phenoxy) is 1. The van der Waals surface area contributed by atoms with E-state index in [4.69, 9.17) is 10.5 Å². The van der Waals surface area contributed by atoms with E-state index in [-0.39, 0.29) is 17.7 Å². The van der Waals surface area contributed by atoms with Gasteiger partial charge in [-0.25, -0.2) is 0 Å². The summed E-state index contributed by atoms with van der Waals surface area (Å²) in [5.74, 6) is -0.0777. The van der Waals surface area contributed by atoms with Crippen LogP contribution in [0.5, 0.6) is 0 Å². The van der Waals surface area contributed by atoms with Crippen molar-refractivity contribution < 1.29 is 19.1 Å². The second-order valence-electron chi connectivity index (χ2n) is 9.98. The van der Waals surface area contributed by atoms with Crippen molar-refractivity contribution in [1.82, 2.24) is 5.32 Å². The molecular weight excluding hydrogens is 516 g/mol. The number of hydrogen-bond donors (Lipinski definition) is 3. The number of carbonyl (C=O) groups is 3. The predicted octanol–water partition coefficient (Wildman–Crippen LogP) is 5.86. The molecule has 0 heterocycles. The Bertz CT molecular complexity index is 955. The minimum atomic E-state index is -0.976. The number of Topliss-reactive ketones (excluding diaryl/α,β-unsaturated/α-hetero) is 1. The molecule has 0 aliphatic heterocycles. The van der Waals surface area contributed by atoms with Gasteiger partial charge < -0.3 is 31.1 Å². The summed E-state index contributed by atoms with van der Waals surface area (Å²) in [6.45, 7) is 17.3. The van der Waals surface area contributed by atoms with Crippen LogP contribution in [-0.4, -0.2) is 48.9 Å². The summed E-state index contributed by atoms with van der Waals surface area (Å²) in [6, 6.07) is 9.56. The maximum atomic E-state index is 12.4. The molecule has 1 aromatic carbocycles. The first kappa shape index (κ1) is 42.3. The molecule has 232 valence electrons. The molecular formula is C33H56N4O4. The Hall–Kier alpha value is -3.20. The predicted molar refractivity (Wildman–Crippen MR) is 174 cm³/mol. The van der Waals surface area contributed by atoms with E-state index in [9.17, 15) is 14.4 Å². The summed E-state index contributed by atoms with van der Waals surface area (Å²) in [6.07, 6.45) is 11.6. The number of nitrogens with one attached hydrogen (secondary N) is 1. The number of amides is 1. The monoisotopic (exact) mass is 572 g/mol. The molecule has 41 heavy (non-hydrogen) atoms. The van der Waals surface area contributed by atoms with E-state index in [0.717, 1.165) is 36.0 Å². The van der Waals surface area contributed by atoms with Crippen molar-refractivity contribution in [2.75, 3.05) is 13.7 Å². The van der Waals surface area contributed by atoms with E-state index in [2.05, 4.69) is 36.0 Å². The fourth-order valence-electron chi connectivity index (χ4n) is 2.42. The lowest BCUT2D eigenvalue weighted by Gasteiger charge is -2.24.